The number of carbonyl (C=O) groups excluding carboxylic acids is 1. The highest BCUT2D eigenvalue weighted by Gasteiger charge is 2.04. The number of pyridine rings is 1. The molecule has 0 unspecified atom stereocenters. The number of amides is 1. The van der Waals surface area contributed by atoms with Gasteiger partial charge in [-0.15, -0.1) is 24.0 Å². The molecule has 152 valence electrons. The van der Waals surface area contributed by atoms with Gasteiger partial charge in [0.15, 0.2) is 5.96 Å². The SMILES string of the molecule is CCNC(=NCCCc1ccccc1)NCCC(=O)Nc1cccc(C)n1.I. The van der Waals surface area contributed by atoms with E-state index in [4.69, 9.17) is 0 Å². The second-order valence-electron chi connectivity index (χ2n) is 6.24. The van der Waals surface area contributed by atoms with Crippen LogP contribution in [-0.2, 0) is 11.2 Å². The largest absolute Gasteiger partial charge is 0.357 e. The van der Waals surface area contributed by atoms with Gasteiger partial charge in [0.2, 0.25) is 5.91 Å². The molecule has 7 heteroatoms. The van der Waals surface area contributed by atoms with Gasteiger partial charge in [0.05, 0.1) is 0 Å². The van der Waals surface area contributed by atoms with Crippen LogP contribution in [0.3, 0.4) is 0 Å². The highest BCUT2D eigenvalue weighted by molar-refractivity contribution is 14.0. The van der Waals surface area contributed by atoms with Gasteiger partial charge in [0.1, 0.15) is 5.82 Å². The number of aromatic nitrogens is 1. The van der Waals surface area contributed by atoms with E-state index in [1.54, 1.807) is 6.07 Å². The first kappa shape index (κ1) is 23.9. The molecule has 0 saturated heterocycles. The molecule has 0 atom stereocenters. The zero-order valence-corrected chi connectivity index (χ0v) is 18.9. The number of nitrogens with zero attached hydrogens (tertiary/aromatic N) is 2. The molecule has 2 rings (SSSR count). The molecule has 0 saturated carbocycles. The molecule has 1 heterocycles. The maximum absolute atomic E-state index is 12.0. The van der Waals surface area contributed by atoms with Gasteiger partial charge in [-0.3, -0.25) is 9.79 Å². The van der Waals surface area contributed by atoms with E-state index in [2.05, 4.69) is 50.2 Å². The number of carbonyl (C=O) groups is 1. The lowest BCUT2D eigenvalue weighted by molar-refractivity contribution is -0.116. The van der Waals surface area contributed by atoms with E-state index in [-0.39, 0.29) is 29.9 Å². The standard InChI is InChI=1S/C21H29N5O.HI/c1-3-22-21(23-15-8-12-18-10-5-4-6-11-18)24-16-14-20(27)26-19-13-7-9-17(2)25-19;/h4-7,9-11,13H,3,8,12,14-16H2,1-2H3,(H2,22,23,24)(H,25,26,27);1H. The van der Waals surface area contributed by atoms with Crippen molar-refractivity contribution in [2.45, 2.75) is 33.1 Å². The Labute approximate surface area is 184 Å². The van der Waals surface area contributed by atoms with Crippen molar-refractivity contribution >= 4 is 41.7 Å². The number of rotatable bonds is 9. The van der Waals surface area contributed by atoms with Crippen LogP contribution in [0.1, 0.15) is 31.0 Å². The molecule has 0 fully saturated rings. The number of hydrogen-bond donors (Lipinski definition) is 3. The van der Waals surface area contributed by atoms with Gasteiger partial charge in [0, 0.05) is 31.7 Å². The molecular formula is C21H30IN5O. The molecule has 0 radical (unpaired) electrons. The minimum Gasteiger partial charge on any atom is -0.357 e. The number of guanidine groups is 1. The maximum Gasteiger partial charge on any atom is 0.227 e. The van der Waals surface area contributed by atoms with Crippen molar-refractivity contribution in [2.24, 2.45) is 4.99 Å². The summed E-state index contributed by atoms with van der Waals surface area (Å²) in [6.07, 6.45) is 2.35. The normalized spacial score (nSPS) is 10.7. The minimum absolute atomic E-state index is 0. The molecule has 0 aliphatic rings. The van der Waals surface area contributed by atoms with E-state index in [1.807, 2.05) is 32.0 Å². The van der Waals surface area contributed by atoms with E-state index in [1.165, 1.54) is 5.56 Å². The second kappa shape index (κ2) is 13.9. The fourth-order valence-electron chi connectivity index (χ4n) is 2.57. The van der Waals surface area contributed by atoms with Crippen molar-refractivity contribution in [3.63, 3.8) is 0 Å². The van der Waals surface area contributed by atoms with Gasteiger partial charge in [-0.25, -0.2) is 4.98 Å². The van der Waals surface area contributed by atoms with Gasteiger partial charge in [-0.2, -0.15) is 0 Å². The third-order valence-corrected chi connectivity index (χ3v) is 3.88. The van der Waals surface area contributed by atoms with Crippen LogP contribution in [0.2, 0.25) is 0 Å². The van der Waals surface area contributed by atoms with E-state index in [0.29, 0.717) is 18.8 Å². The average molecular weight is 495 g/mol. The Hall–Kier alpha value is -2.16. The number of aliphatic imine (C=N–C) groups is 1. The topological polar surface area (TPSA) is 78.4 Å². The summed E-state index contributed by atoms with van der Waals surface area (Å²) in [7, 11) is 0. The van der Waals surface area contributed by atoms with E-state index in [0.717, 1.165) is 37.6 Å². The highest BCUT2D eigenvalue weighted by Crippen LogP contribution is 2.04. The summed E-state index contributed by atoms with van der Waals surface area (Å²) in [5.41, 5.74) is 2.20. The molecule has 1 aromatic heterocycles. The number of aryl methyl sites for hydroxylation is 2. The summed E-state index contributed by atoms with van der Waals surface area (Å²) in [5.74, 6) is 1.26. The van der Waals surface area contributed by atoms with Gasteiger partial charge in [-0.05, 0) is 44.4 Å². The smallest absolute Gasteiger partial charge is 0.227 e. The van der Waals surface area contributed by atoms with E-state index in [9.17, 15) is 4.79 Å². The first-order valence-corrected chi connectivity index (χ1v) is 9.47. The Kier molecular flexibility index (Phi) is 11.9. The number of anilines is 1. The molecule has 3 N–H and O–H groups in total. The zero-order valence-electron chi connectivity index (χ0n) is 16.6. The molecule has 6 nitrogen and oxygen atoms in total. The summed E-state index contributed by atoms with van der Waals surface area (Å²) < 4.78 is 0. The summed E-state index contributed by atoms with van der Waals surface area (Å²) in [4.78, 5) is 20.9. The van der Waals surface area contributed by atoms with Gasteiger partial charge < -0.3 is 16.0 Å². The number of halogens is 1. The van der Waals surface area contributed by atoms with E-state index < -0.39 is 0 Å². The Morgan fingerprint density at radius 2 is 1.86 bits per heavy atom. The fourth-order valence-corrected chi connectivity index (χ4v) is 2.57. The quantitative estimate of drug-likeness (QED) is 0.215. The van der Waals surface area contributed by atoms with Gasteiger partial charge in [-0.1, -0.05) is 36.4 Å². The average Bonchev–Trinajstić information content (AvgIpc) is 2.66. The summed E-state index contributed by atoms with van der Waals surface area (Å²) >= 11 is 0. The monoisotopic (exact) mass is 495 g/mol. The summed E-state index contributed by atoms with van der Waals surface area (Å²) in [6.45, 7) is 5.96. The molecule has 28 heavy (non-hydrogen) atoms. The maximum atomic E-state index is 12.0. The molecule has 0 aliphatic carbocycles. The van der Waals surface area contributed by atoms with Crippen LogP contribution in [0.5, 0.6) is 0 Å². The first-order valence-electron chi connectivity index (χ1n) is 9.47. The molecule has 0 aliphatic heterocycles. The van der Waals surface area contributed by atoms with Crippen LogP contribution < -0.4 is 16.0 Å². The van der Waals surface area contributed by atoms with Crippen LogP contribution in [0.4, 0.5) is 5.82 Å². The van der Waals surface area contributed by atoms with Crippen molar-refractivity contribution < 1.29 is 4.79 Å². The summed E-state index contributed by atoms with van der Waals surface area (Å²) in [6, 6.07) is 16.0. The lowest BCUT2D eigenvalue weighted by Crippen LogP contribution is -2.38. The fraction of sp³-hybridized carbons (Fsp3) is 0.381. The van der Waals surface area contributed by atoms with Crippen molar-refractivity contribution in [3.05, 3.63) is 59.8 Å². The van der Waals surface area contributed by atoms with Crippen molar-refractivity contribution in [2.75, 3.05) is 25.0 Å². The van der Waals surface area contributed by atoms with Crippen LogP contribution in [0, 0.1) is 6.92 Å². The Morgan fingerprint density at radius 3 is 2.57 bits per heavy atom. The third-order valence-electron chi connectivity index (χ3n) is 3.88. The van der Waals surface area contributed by atoms with E-state index >= 15 is 0 Å². The molecule has 0 bridgehead atoms. The molecule has 1 aromatic carbocycles. The van der Waals surface area contributed by atoms with Gasteiger partial charge in [0.25, 0.3) is 0 Å². The number of benzene rings is 1. The first-order chi connectivity index (χ1) is 13.2. The number of nitrogens with one attached hydrogen (secondary N) is 3. The lowest BCUT2D eigenvalue weighted by atomic mass is 10.1. The molecule has 1 amide bonds. The van der Waals surface area contributed by atoms with Crippen molar-refractivity contribution in [1.29, 1.82) is 0 Å². The predicted molar refractivity (Wildman–Crippen MR) is 126 cm³/mol. The molecule has 2 aromatic rings. The zero-order chi connectivity index (χ0) is 19.3. The Balaban J connectivity index is 0.00000392. The van der Waals surface area contributed by atoms with Crippen molar-refractivity contribution in [3.8, 4) is 0 Å². The minimum atomic E-state index is -0.0690. The molecular weight excluding hydrogens is 465 g/mol. The highest BCUT2D eigenvalue weighted by atomic mass is 127. The van der Waals surface area contributed by atoms with Crippen LogP contribution in [0.15, 0.2) is 53.5 Å². The predicted octanol–water partition coefficient (Wildman–Crippen LogP) is 3.52. The second-order valence-corrected chi connectivity index (χ2v) is 6.24. The molecule has 0 spiro atoms. The Morgan fingerprint density at radius 1 is 1.07 bits per heavy atom. The van der Waals surface area contributed by atoms with Crippen molar-refractivity contribution in [1.82, 2.24) is 15.6 Å². The lowest BCUT2D eigenvalue weighted by Gasteiger charge is -2.11. The van der Waals surface area contributed by atoms with Crippen LogP contribution in [-0.4, -0.2) is 36.5 Å². The van der Waals surface area contributed by atoms with Gasteiger partial charge >= 0.3 is 0 Å². The summed E-state index contributed by atoms with van der Waals surface area (Å²) in [5, 5.41) is 9.22. The Bertz CT molecular complexity index is 737. The number of hydrogen-bond acceptors (Lipinski definition) is 3. The van der Waals surface area contributed by atoms with Crippen LogP contribution in [0.25, 0.3) is 0 Å². The van der Waals surface area contributed by atoms with Crippen LogP contribution >= 0.6 is 24.0 Å². The third kappa shape index (κ3) is 9.68.